The number of carbonyl (C=O) groups is 2. The molecule has 0 spiro atoms. The number of ketones is 1. The lowest BCUT2D eigenvalue weighted by Crippen LogP contribution is -2.34. The van der Waals surface area contributed by atoms with Gasteiger partial charge in [-0.15, -0.1) is 23.1 Å². The van der Waals surface area contributed by atoms with E-state index in [1.54, 1.807) is 7.11 Å². The van der Waals surface area contributed by atoms with Crippen LogP contribution in [0.5, 0.6) is 5.75 Å². The Balaban J connectivity index is 1.16. The van der Waals surface area contributed by atoms with Gasteiger partial charge in [0.15, 0.2) is 10.8 Å². The van der Waals surface area contributed by atoms with Crippen LogP contribution in [0, 0.1) is 5.92 Å². The maximum atomic E-state index is 13.1. The zero-order valence-electron chi connectivity index (χ0n) is 17.7. The monoisotopic (exact) mass is 468 g/mol. The summed E-state index contributed by atoms with van der Waals surface area (Å²) in [6.07, 6.45) is 3.60. The number of hydrogen-bond donors (Lipinski definition) is 2. The summed E-state index contributed by atoms with van der Waals surface area (Å²) in [7, 11) is 1.62. The molecule has 1 amide bonds. The molecule has 2 N–H and O–H groups in total. The first-order chi connectivity index (χ1) is 15.6. The topological polar surface area (TPSA) is 93.2 Å². The molecule has 0 atom stereocenters. The molecule has 7 nitrogen and oxygen atoms in total. The highest BCUT2D eigenvalue weighted by Gasteiger charge is 2.29. The Morgan fingerprint density at radius 3 is 2.84 bits per heavy atom. The number of amides is 1. The van der Waals surface area contributed by atoms with Crippen LogP contribution in [-0.4, -0.2) is 40.6 Å². The number of nitrogens with zero attached hydrogens (tertiary/aromatic N) is 2. The number of Topliss-reactive ketones (excluding diaryl/α,β-unsaturated/α-hetero) is 1. The standard InChI is InChI=1S/C23H24N4O3S2/c1-30-16-3-2-4-17-20(16)27-23(32-17)21(29)13-5-7-14(8-6-13)24-11-15-9-10-18-22(25-15)26-19(28)12-31-18/h2-4,9-10,13-14,24H,5-8,11-12H2,1H3,(H,25,26,28)/t13-,14-. The number of methoxy groups -OCH3 is 1. The second kappa shape index (κ2) is 9.17. The summed E-state index contributed by atoms with van der Waals surface area (Å²) in [6, 6.07) is 10.2. The predicted octanol–water partition coefficient (Wildman–Crippen LogP) is 4.28. The third-order valence-corrected chi connectivity index (χ3v) is 8.10. The summed E-state index contributed by atoms with van der Waals surface area (Å²) in [4.78, 5) is 34.8. The van der Waals surface area contributed by atoms with E-state index in [-0.39, 0.29) is 17.6 Å². The van der Waals surface area contributed by atoms with Gasteiger partial charge in [-0.3, -0.25) is 9.59 Å². The fraction of sp³-hybridized carbons (Fsp3) is 0.391. The second-order valence-corrected chi connectivity index (χ2v) is 10.2. The summed E-state index contributed by atoms with van der Waals surface area (Å²) in [5.41, 5.74) is 1.68. The quantitative estimate of drug-likeness (QED) is 0.522. The normalized spacial score (nSPS) is 20.6. The fourth-order valence-corrected chi connectivity index (χ4v) is 6.04. The van der Waals surface area contributed by atoms with Gasteiger partial charge in [-0.25, -0.2) is 9.97 Å². The van der Waals surface area contributed by atoms with Crippen molar-refractivity contribution in [1.29, 1.82) is 0 Å². The molecular formula is C23H24N4O3S2. The number of ether oxygens (including phenoxy) is 1. The largest absolute Gasteiger partial charge is 0.494 e. The van der Waals surface area contributed by atoms with Crippen molar-refractivity contribution < 1.29 is 14.3 Å². The minimum Gasteiger partial charge on any atom is -0.494 e. The lowest BCUT2D eigenvalue weighted by molar-refractivity contribution is -0.113. The van der Waals surface area contributed by atoms with Gasteiger partial charge in [-0.2, -0.15) is 0 Å². The molecule has 2 aliphatic rings. The van der Waals surface area contributed by atoms with Crippen molar-refractivity contribution in [3.8, 4) is 5.75 Å². The molecule has 0 bridgehead atoms. The van der Waals surface area contributed by atoms with Gasteiger partial charge < -0.3 is 15.4 Å². The number of nitrogens with one attached hydrogen (secondary N) is 2. The van der Waals surface area contributed by atoms with Crippen molar-refractivity contribution in [3.05, 3.63) is 41.0 Å². The number of pyridine rings is 1. The highest BCUT2D eigenvalue weighted by Crippen LogP contribution is 2.34. The Morgan fingerprint density at radius 2 is 2.03 bits per heavy atom. The molecule has 1 aliphatic heterocycles. The van der Waals surface area contributed by atoms with Gasteiger partial charge in [0, 0.05) is 18.5 Å². The Kier molecular flexibility index (Phi) is 6.12. The van der Waals surface area contributed by atoms with E-state index >= 15 is 0 Å². The molecule has 0 radical (unpaired) electrons. The lowest BCUT2D eigenvalue weighted by Gasteiger charge is -2.28. The Morgan fingerprint density at radius 1 is 1.19 bits per heavy atom. The van der Waals surface area contributed by atoms with Crippen molar-refractivity contribution >= 4 is 50.8 Å². The molecule has 1 saturated carbocycles. The SMILES string of the molecule is COc1cccc2sc(C(=O)[C@H]3CC[C@H](NCc4ccc5c(n4)NC(=O)CS5)CC3)nc12. The number of fused-ring (bicyclic) bond motifs is 2. The number of benzene rings is 1. The van der Waals surface area contributed by atoms with E-state index in [0.717, 1.165) is 46.5 Å². The zero-order valence-corrected chi connectivity index (χ0v) is 19.4. The minimum absolute atomic E-state index is 0.00494. The average molecular weight is 469 g/mol. The smallest absolute Gasteiger partial charge is 0.235 e. The number of hydrogen-bond acceptors (Lipinski definition) is 8. The highest BCUT2D eigenvalue weighted by atomic mass is 32.2. The molecule has 3 aromatic rings. The van der Waals surface area contributed by atoms with Gasteiger partial charge >= 0.3 is 0 Å². The van der Waals surface area contributed by atoms with Crippen LogP contribution in [0.15, 0.2) is 35.2 Å². The highest BCUT2D eigenvalue weighted by molar-refractivity contribution is 8.00. The fourth-order valence-electron chi connectivity index (χ4n) is 4.28. The number of aromatic nitrogens is 2. The van der Waals surface area contributed by atoms with Gasteiger partial charge in [-0.1, -0.05) is 6.07 Å². The van der Waals surface area contributed by atoms with E-state index in [9.17, 15) is 9.59 Å². The van der Waals surface area contributed by atoms with Crippen LogP contribution in [0.1, 0.15) is 41.2 Å². The van der Waals surface area contributed by atoms with Gasteiger partial charge in [0.1, 0.15) is 17.1 Å². The van der Waals surface area contributed by atoms with Crippen molar-refractivity contribution in [3.63, 3.8) is 0 Å². The molecule has 3 heterocycles. The maximum Gasteiger partial charge on any atom is 0.235 e. The molecule has 2 aromatic heterocycles. The van der Waals surface area contributed by atoms with E-state index in [0.29, 0.717) is 34.9 Å². The molecule has 9 heteroatoms. The molecule has 0 unspecified atom stereocenters. The molecule has 32 heavy (non-hydrogen) atoms. The summed E-state index contributed by atoms with van der Waals surface area (Å²) in [6.45, 7) is 0.648. The number of para-hydroxylation sites is 1. The van der Waals surface area contributed by atoms with Crippen LogP contribution in [0.2, 0.25) is 0 Å². The second-order valence-electron chi connectivity index (χ2n) is 8.11. The van der Waals surface area contributed by atoms with Crippen LogP contribution in [0.4, 0.5) is 5.82 Å². The van der Waals surface area contributed by atoms with E-state index in [1.807, 2.05) is 30.3 Å². The molecular weight excluding hydrogens is 444 g/mol. The minimum atomic E-state index is -0.00494. The number of anilines is 1. The first-order valence-corrected chi connectivity index (χ1v) is 12.5. The third-order valence-electron chi connectivity index (χ3n) is 6.01. The van der Waals surface area contributed by atoms with E-state index in [4.69, 9.17) is 4.74 Å². The van der Waals surface area contributed by atoms with E-state index in [2.05, 4.69) is 20.6 Å². The van der Waals surface area contributed by atoms with Gasteiger partial charge in [0.2, 0.25) is 5.91 Å². The van der Waals surface area contributed by atoms with Crippen molar-refractivity contribution in [1.82, 2.24) is 15.3 Å². The Hall–Kier alpha value is -2.49. The first kappa shape index (κ1) is 21.4. The molecule has 0 saturated heterocycles. The predicted molar refractivity (Wildman–Crippen MR) is 127 cm³/mol. The Bertz CT molecular complexity index is 1170. The zero-order chi connectivity index (χ0) is 22.1. The molecule has 166 valence electrons. The van der Waals surface area contributed by atoms with E-state index < -0.39 is 0 Å². The third kappa shape index (κ3) is 4.37. The average Bonchev–Trinajstić information content (AvgIpc) is 3.27. The molecule has 5 rings (SSSR count). The van der Waals surface area contributed by atoms with E-state index in [1.165, 1.54) is 23.1 Å². The molecule has 1 aliphatic carbocycles. The molecule has 1 fully saturated rings. The van der Waals surface area contributed by atoms with Crippen LogP contribution in [0.3, 0.4) is 0 Å². The summed E-state index contributed by atoms with van der Waals surface area (Å²) >= 11 is 2.97. The van der Waals surface area contributed by atoms with Crippen LogP contribution in [0.25, 0.3) is 10.2 Å². The number of rotatable bonds is 6. The van der Waals surface area contributed by atoms with Gasteiger partial charge in [-0.05, 0) is 49.9 Å². The number of thiazole rings is 1. The number of carbonyl (C=O) groups excluding carboxylic acids is 2. The van der Waals surface area contributed by atoms with Crippen molar-refractivity contribution in [2.75, 3.05) is 18.2 Å². The maximum absolute atomic E-state index is 13.1. The van der Waals surface area contributed by atoms with Gasteiger partial charge in [0.25, 0.3) is 0 Å². The van der Waals surface area contributed by atoms with Crippen molar-refractivity contribution in [2.45, 2.75) is 43.2 Å². The van der Waals surface area contributed by atoms with Crippen LogP contribution >= 0.6 is 23.1 Å². The van der Waals surface area contributed by atoms with Crippen molar-refractivity contribution in [2.24, 2.45) is 5.92 Å². The molecule has 1 aromatic carbocycles. The lowest BCUT2D eigenvalue weighted by atomic mass is 9.83. The summed E-state index contributed by atoms with van der Waals surface area (Å²) in [5, 5.41) is 6.99. The Labute approximate surface area is 194 Å². The number of thioether (sulfide) groups is 1. The van der Waals surface area contributed by atoms with Crippen LogP contribution in [-0.2, 0) is 11.3 Å². The first-order valence-electron chi connectivity index (χ1n) is 10.7. The van der Waals surface area contributed by atoms with Crippen LogP contribution < -0.4 is 15.4 Å². The summed E-state index contributed by atoms with van der Waals surface area (Å²) < 4.78 is 6.36. The van der Waals surface area contributed by atoms with Gasteiger partial charge in [0.05, 0.1) is 28.2 Å². The summed E-state index contributed by atoms with van der Waals surface area (Å²) in [5.74, 6) is 1.98.